The Morgan fingerprint density at radius 3 is 2.93 bits per heavy atom. The van der Waals surface area contributed by atoms with Crippen LogP contribution in [0.25, 0.3) is 5.65 Å². The number of ether oxygens (including phenoxy) is 1. The lowest BCUT2D eigenvalue weighted by Gasteiger charge is -2.41. The number of aromatic nitrogens is 3. The van der Waals surface area contributed by atoms with Gasteiger partial charge in [0.2, 0.25) is 0 Å². The minimum absolute atomic E-state index is 0.0851. The van der Waals surface area contributed by atoms with Gasteiger partial charge in [0.15, 0.2) is 5.65 Å². The number of fused-ring (bicyclic) bond motifs is 2. The SMILES string of the molecule is Fc1ccc(OCC2CN(c3c4c(nc5ccnn35)CCNCC4)C2)cc1Cl. The first-order valence-electron chi connectivity index (χ1n) is 9.58. The molecule has 1 aromatic carbocycles. The molecular weight excluding hydrogens is 381 g/mol. The van der Waals surface area contributed by atoms with Gasteiger partial charge in [0.25, 0.3) is 0 Å². The molecule has 8 heteroatoms. The van der Waals surface area contributed by atoms with E-state index in [0.717, 1.165) is 50.5 Å². The molecule has 0 aliphatic carbocycles. The standard InChI is InChI=1S/C20H21ClFN5O/c21-16-9-14(1-2-17(16)22)28-12-13-10-26(11-13)20-15-3-6-23-7-4-18(15)25-19-5-8-24-27(19)20/h1-2,5,8-9,13,23H,3-4,6-7,10-12H2. The van der Waals surface area contributed by atoms with Crippen LogP contribution in [-0.2, 0) is 12.8 Å². The van der Waals surface area contributed by atoms with Crippen LogP contribution in [0.15, 0.2) is 30.5 Å². The smallest absolute Gasteiger partial charge is 0.157 e. The summed E-state index contributed by atoms with van der Waals surface area (Å²) >= 11 is 5.82. The lowest BCUT2D eigenvalue weighted by Crippen LogP contribution is -2.50. The summed E-state index contributed by atoms with van der Waals surface area (Å²) in [6.07, 6.45) is 3.71. The number of nitrogens with one attached hydrogen (secondary N) is 1. The van der Waals surface area contributed by atoms with Crippen LogP contribution in [0.1, 0.15) is 11.3 Å². The van der Waals surface area contributed by atoms with Gasteiger partial charge >= 0.3 is 0 Å². The molecule has 0 radical (unpaired) electrons. The Hall–Kier alpha value is -2.38. The summed E-state index contributed by atoms with van der Waals surface area (Å²) in [4.78, 5) is 7.17. The van der Waals surface area contributed by atoms with E-state index in [0.29, 0.717) is 18.3 Å². The van der Waals surface area contributed by atoms with Crippen molar-refractivity contribution in [3.8, 4) is 5.75 Å². The van der Waals surface area contributed by atoms with Crippen molar-refractivity contribution in [2.45, 2.75) is 12.8 Å². The lowest BCUT2D eigenvalue weighted by atomic mass is 9.99. The summed E-state index contributed by atoms with van der Waals surface area (Å²) in [7, 11) is 0. The maximum atomic E-state index is 13.3. The summed E-state index contributed by atoms with van der Waals surface area (Å²) in [5.41, 5.74) is 3.37. The first-order chi connectivity index (χ1) is 13.7. The van der Waals surface area contributed by atoms with Crippen molar-refractivity contribution < 1.29 is 9.13 Å². The molecule has 0 amide bonds. The van der Waals surface area contributed by atoms with Crippen molar-refractivity contribution in [1.82, 2.24) is 19.9 Å². The van der Waals surface area contributed by atoms with Gasteiger partial charge in [-0.15, -0.1) is 0 Å². The van der Waals surface area contributed by atoms with Gasteiger partial charge in [-0.1, -0.05) is 11.6 Å². The Morgan fingerprint density at radius 2 is 2.07 bits per heavy atom. The fraction of sp³-hybridized carbons (Fsp3) is 0.400. The van der Waals surface area contributed by atoms with Crippen LogP contribution in [-0.4, -0.2) is 47.4 Å². The maximum absolute atomic E-state index is 13.3. The van der Waals surface area contributed by atoms with Crippen LogP contribution >= 0.6 is 11.6 Å². The zero-order chi connectivity index (χ0) is 19.1. The number of nitrogens with zero attached hydrogens (tertiary/aromatic N) is 4. The van der Waals surface area contributed by atoms with Crippen LogP contribution in [0.3, 0.4) is 0 Å². The number of benzene rings is 1. The highest BCUT2D eigenvalue weighted by Crippen LogP contribution is 2.32. The third-order valence-electron chi connectivity index (χ3n) is 5.41. The van der Waals surface area contributed by atoms with Gasteiger partial charge in [0.1, 0.15) is 17.4 Å². The van der Waals surface area contributed by atoms with Crippen LogP contribution in [0.2, 0.25) is 5.02 Å². The summed E-state index contributed by atoms with van der Waals surface area (Å²) in [6.45, 7) is 4.29. The minimum atomic E-state index is -0.431. The minimum Gasteiger partial charge on any atom is -0.493 e. The largest absolute Gasteiger partial charge is 0.493 e. The molecule has 28 heavy (non-hydrogen) atoms. The number of hydrogen-bond acceptors (Lipinski definition) is 5. The van der Waals surface area contributed by atoms with E-state index in [9.17, 15) is 4.39 Å². The van der Waals surface area contributed by atoms with Gasteiger partial charge < -0.3 is 15.0 Å². The van der Waals surface area contributed by atoms with E-state index in [4.69, 9.17) is 21.3 Å². The summed E-state index contributed by atoms with van der Waals surface area (Å²) < 4.78 is 21.0. The Labute approximate surface area is 167 Å². The van der Waals surface area contributed by atoms with E-state index in [2.05, 4.69) is 15.3 Å². The molecule has 1 N–H and O–H groups in total. The Balaban J connectivity index is 1.32. The molecule has 0 unspecified atom stereocenters. The zero-order valence-electron chi connectivity index (χ0n) is 15.4. The predicted molar refractivity (Wildman–Crippen MR) is 106 cm³/mol. The highest BCUT2D eigenvalue weighted by atomic mass is 35.5. The molecule has 1 fully saturated rings. The predicted octanol–water partition coefficient (Wildman–Crippen LogP) is 2.73. The fourth-order valence-electron chi connectivity index (χ4n) is 3.97. The molecule has 2 aliphatic heterocycles. The van der Waals surface area contributed by atoms with Crippen molar-refractivity contribution in [3.05, 3.63) is 52.6 Å². The molecule has 2 aliphatic rings. The second kappa shape index (κ2) is 7.22. The monoisotopic (exact) mass is 401 g/mol. The van der Waals surface area contributed by atoms with E-state index in [-0.39, 0.29) is 5.02 Å². The molecular formula is C20H21ClFN5O. The molecule has 1 saturated heterocycles. The quantitative estimate of drug-likeness (QED) is 0.728. The van der Waals surface area contributed by atoms with E-state index in [1.807, 2.05) is 16.8 Å². The second-order valence-corrected chi connectivity index (χ2v) is 7.78. The third kappa shape index (κ3) is 3.18. The fourth-order valence-corrected chi connectivity index (χ4v) is 4.14. The number of rotatable bonds is 4. The van der Waals surface area contributed by atoms with Gasteiger partial charge in [-0.3, -0.25) is 0 Å². The van der Waals surface area contributed by atoms with Crippen molar-refractivity contribution in [3.63, 3.8) is 0 Å². The normalized spacial score (nSPS) is 17.3. The number of anilines is 1. The Morgan fingerprint density at radius 1 is 1.21 bits per heavy atom. The van der Waals surface area contributed by atoms with Gasteiger partial charge in [-0.25, -0.2) is 9.37 Å². The molecule has 0 spiro atoms. The first-order valence-corrected chi connectivity index (χ1v) is 9.96. The van der Waals surface area contributed by atoms with Gasteiger partial charge in [-0.05, 0) is 25.1 Å². The second-order valence-electron chi connectivity index (χ2n) is 7.37. The van der Waals surface area contributed by atoms with Gasteiger partial charge in [0.05, 0.1) is 23.5 Å². The number of hydrogen-bond donors (Lipinski definition) is 1. The van der Waals surface area contributed by atoms with Crippen molar-refractivity contribution in [1.29, 1.82) is 0 Å². The van der Waals surface area contributed by atoms with Gasteiger partial charge in [0, 0.05) is 49.7 Å². The number of halogens is 2. The van der Waals surface area contributed by atoms with Gasteiger partial charge in [-0.2, -0.15) is 9.61 Å². The van der Waals surface area contributed by atoms with Crippen LogP contribution in [0, 0.1) is 11.7 Å². The van der Waals surface area contributed by atoms with Crippen molar-refractivity contribution in [2.24, 2.45) is 5.92 Å². The molecule has 5 rings (SSSR count). The Kier molecular flexibility index (Phi) is 4.56. The maximum Gasteiger partial charge on any atom is 0.157 e. The lowest BCUT2D eigenvalue weighted by molar-refractivity contribution is 0.219. The molecule has 146 valence electrons. The molecule has 0 bridgehead atoms. The molecule has 4 heterocycles. The van der Waals surface area contributed by atoms with Crippen LogP contribution in [0.4, 0.5) is 10.2 Å². The molecule has 0 atom stereocenters. The average Bonchev–Trinajstić information content (AvgIpc) is 2.99. The highest BCUT2D eigenvalue weighted by Gasteiger charge is 2.32. The molecule has 2 aromatic heterocycles. The summed E-state index contributed by atoms with van der Waals surface area (Å²) in [5.74, 6) is 1.74. The van der Waals surface area contributed by atoms with E-state index in [1.54, 1.807) is 6.07 Å². The summed E-state index contributed by atoms with van der Waals surface area (Å²) in [5, 5.41) is 8.05. The van der Waals surface area contributed by atoms with Crippen molar-refractivity contribution in [2.75, 3.05) is 37.7 Å². The molecule has 3 aromatic rings. The first kappa shape index (κ1) is 17.7. The highest BCUT2D eigenvalue weighted by molar-refractivity contribution is 6.30. The summed E-state index contributed by atoms with van der Waals surface area (Å²) in [6, 6.07) is 6.43. The van der Waals surface area contributed by atoms with E-state index in [1.165, 1.54) is 23.4 Å². The van der Waals surface area contributed by atoms with Crippen LogP contribution < -0.4 is 15.0 Å². The van der Waals surface area contributed by atoms with Crippen molar-refractivity contribution >= 4 is 23.1 Å². The molecule has 0 saturated carbocycles. The third-order valence-corrected chi connectivity index (χ3v) is 5.70. The van der Waals surface area contributed by atoms with E-state index >= 15 is 0 Å². The average molecular weight is 402 g/mol. The Bertz CT molecular complexity index is 1020. The molecule has 6 nitrogen and oxygen atoms in total. The topological polar surface area (TPSA) is 54.7 Å². The van der Waals surface area contributed by atoms with Crippen LogP contribution in [0.5, 0.6) is 5.75 Å². The van der Waals surface area contributed by atoms with E-state index < -0.39 is 5.82 Å². The zero-order valence-corrected chi connectivity index (χ0v) is 16.1.